The van der Waals surface area contributed by atoms with Gasteiger partial charge in [-0.15, -0.1) is 0 Å². The molecule has 4 rings (SSSR count). The summed E-state index contributed by atoms with van der Waals surface area (Å²) in [5.41, 5.74) is 1.68. The van der Waals surface area contributed by atoms with Gasteiger partial charge in [0.1, 0.15) is 11.5 Å². The molecule has 182 valence electrons. The van der Waals surface area contributed by atoms with E-state index in [0.717, 1.165) is 72.6 Å². The number of nitrogens with one attached hydrogen (secondary N) is 1. The first kappa shape index (κ1) is 24.3. The largest absolute Gasteiger partial charge is 0.497 e. The molecule has 3 aromatic rings. The van der Waals surface area contributed by atoms with E-state index in [0.29, 0.717) is 12.1 Å². The molecule has 0 bridgehead atoms. The molecule has 0 atom stereocenters. The summed E-state index contributed by atoms with van der Waals surface area (Å²) < 4.78 is 12.2. The number of aromatic nitrogens is 1. The number of hydrogen-bond acceptors (Lipinski definition) is 7. The van der Waals surface area contributed by atoms with E-state index in [2.05, 4.69) is 22.0 Å². The van der Waals surface area contributed by atoms with E-state index in [1.807, 2.05) is 42.5 Å². The SMILES string of the molecule is CCCCCOc1ccc(C(=O)NCCN2CCN(c3nc4ccc(OC)cc4s3)CC2)cc1. The number of hydrogen-bond donors (Lipinski definition) is 1. The van der Waals surface area contributed by atoms with E-state index >= 15 is 0 Å². The van der Waals surface area contributed by atoms with Gasteiger partial charge in [0.25, 0.3) is 5.91 Å². The number of unbranched alkanes of at least 4 members (excludes halogenated alkanes) is 2. The second-order valence-corrected chi connectivity index (χ2v) is 9.50. The van der Waals surface area contributed by atoms with Crippen LogP contribution in [0.3, 0.4) is 0 Å². The zero-order valence-corrected chi connectivity index (χ0v) is 20.9. The zero-order chi connectivity index (χ0) is 23.8. The van der Waals surface area contributed by atoms with Gasteiger partial charge in [-0.2, -0.15) is 0 Å². The number of benzene rings is 2. The molecule has 7 nitrogen and oxygen atoms in total. The van der Waals surface area contributed by atoms with Crippen LogP contribution in [0.2, 0.25) is 0 Å². The number of nitrogens with zero attached hydrogens (tertiary/aromatic N) is 3. The number of methoxy groups -OCH3 is 1. The third-order valence-electron chi connectivity index (χ3n) is 6.07. The average molecular weight is 483 g/mol. The van der Waals surface area contributed by atoms with E-state index in [1.165, 1.54) is 12.8 Å². The van der Waals surface area contributed by atoms with Crippen LogP contribution in [-0.2, 0) is 0 Å². The summed E-state index contributed by atoms with van der Waals surface area (Å²) in [6, 6.07) is 13.4. The maximum absolute atomic E-state index is 12.5. The van der Waals surface area contributed by atoms with Crippen molar-refractivity contribution in [1.82, 2.24) is 15.2 Å². The first-order valence-electron chi connectivity index (χ1n) is 12.1. The van der Waals surface area contributed by atoms with Gasteiger partial charge in [0, 0.05) is 44.8 Å². The van der Waals surface area contributed by atoms with Gasteiger partial charge in [-0.1, -0.05) is 31.1 Å². The van der Waals surface area contributed by atoms with E-state index in [4.69, 9.17) is 14.5 Å². The van der Waals surface area contributed by atoms with Crippen molar-refractivity contribution in [3.05, 3.63) is 48.0 Å². The molecule has 0 saturated carbocycles. The Morgan fingerprint density at radius 1 is 1.06 bits per heavy atom. The first-order valence-corrected chi connectivity index (χ1v) is 12.9. The molecule has 1 N–H and O–H groups in total. The van der Waals surface area contributed by atoms with Crippen LogP contribution in [0.15, 0.2) is 42.5 Å². The Balaban J connectivity index is 1.18. The lowest BCUT2D eigenvalue weighted by Crippen LogP contribution is -2.48. The molecule has 1 aromatic heterocycles. The van der Waals surface area contributed by atoms with Crippen molar-refractivity contribution in [2.45, 2.75) is 26.2 Å². The quantitative estimate of drug-likeness (QED) is 0.408. The highest BCUT2D eigenvalue weighted by Gasteiger charge is 2.20. The molecule has 2 aromatic carbocycles. The molecule has 0 spiro atoms. The van der Waals surface area contributed by atoms with Gasteiger partial charge in [-0.3, -0.25) is 9.69 Å². The Morgan fingerprint density at radius 2 is 1.82 bits per heavy atom. The first-order chi connectivity index (χ1) is 16.7. The lowest BCUT2D eigenvalue weighted by molar-refractivity contribution is 0.0947. The molecular weight excluding hydrogens is 448 g/mol. The van der Waals surface area contributed by atoms with Crippen molar-refractivity contribution >= 4 is 32.6 Å². The van der Waals surface area contributed by atoms with Gasteiger partial charge in [0.15, 0.2) is 5.13 Å². The molecule has 1 aliphatic rings. The normalized spacial score (nSPS) is 14.4. The van der Waals surface area contributed by atoms with Crippen LogP contribution in [0.4, 0.5) is 5.13 Å². The highest BCUT2D eigenvalue weighted by atomic mass is 32.1. The maximum atomic E-state index is 12.5. The Labute approximate surface area is 205 Å². The van der Waals surface area contributed by atoms with Gasteiger partial charge in [-0.25, -0.2) is 4.98 Å². The smallest absolute Gasteiger partial charge is 0.251 e. The van der Waals surface area contributed by atoms with Gasteiger partial charge in [0.05, 0.1) is 23.9 Å². The second kappa shape index (κ2) is 12.0. The molecule has 0 aliphatic carbocycles. The van der Waals surface area contributed by atoms with Crippen LogP contribution in [0.1, 0.15) is 36.5 Å². The molecule has 2 heterocycles. The minimum atomic E-state index is -0.0407. The number of amides is 1. The Bertz CT molecular complexity index is 1060. The maximum Gasteiger partial charge on any atom is 0.251 e. The Hall–Kier alpha value is -2.84. The van der Waals surface area contributed by atoms with Crippen LogP contribution in [0, 0.1) is 0 Å². The van der Waals surface area contributed by atoms with Gasteiger partial charge in [-0.05, 0) is 48.9 Å². The summed E-state index contributed by atoms with van der Waals surface area (Å²) in [6.45, 7) is 8.16. The number of piperazine rings is 1. The summed E-state index contributed by atoms with van der Waals surface area (Å²) in [6.07, 6.45) is 3.41. The standard InChI is InChI=1S/C26H34N4O3S/c1-3-4-5-18-33-21-8-6-20(7-9-21)25(31)27-12-13-29-14-16-30(17-15-29)26-28-23-11-10-22(32-2)19-24(23)34-26/h6-11,19H,3-5,12-18H2,1-2H3,(H,27,31). The van der Waals surface area contributed by atoms with Crippen molar-refractivity contribution in [3.63, 3.8) is 0 Å². The van der Waals surface area contributed by atoms with Gasteiger partial charge < -0.3 is 19.7 Å². The minimum absolute atomic E-state index is 0.0407. The number of fused-ring (bicyclic) bond motifs is 1. The number of carbonyl (C=O) groups excluding carboxylic acids is 1. The van der Waals surface area contributed by atoms with Crippen LogP contribution < -0.4 is 19.7 Å². The van der Waals surface area contributed by atoms with E-state index < -0.39 is 0 Å². The summed E-state index contributed by atoms with van der Waals surface area (Å²) in [4.78, 5) is 22.0. The van der Waals surface area contributed by atoms with E-state index in [-0.39, 0.29) is 5.91 Å². The molecule has 1 fully saturated rings. The number of ether oxygens (including phenoxy) is 2. The van der Waals surface area contributed by atoms with E-state index in [1.54, 1.807) is 18.4 Å². The molecule has 0 radical (unpaired) electrons. The predicted octanol–water partition coefficient (Wildman–Crippen LogP) is 4.43. The number of thiazole rings is 1. The Morgan fingerprint density at radius 3 is 2.56 bits per heavy atom. The predicted molar refractivity (Wildman–Crippen MR) is 139 cm³/mol. The lowest BCUT2D eigenvalue weighted by Gasteiger charge is -2.34. The number of rotatable bonds is 11. The highest BCUT2D eigenvalue weighted by molar-refractivity contribution is 7.22. The van der Waals surface area contributed by atoms with Crippen LogP contribution in [0.25, 0.3) is 10.2 Å². The van der Waals surface area contributed by atoms with Crippen molar-refractivity contribution in [1.29, 1.82) is 0 Å². The summed E-state index contributed by atoms with van der Waals surface area (Å²) in [7, 11) is 1.69. The fourth-order valence-corrected chi connectivity index (χ4v) is 5.04. The number of carbonyl (C=O) groups is 1. The lowest BCUT2D eigenvalue weighted by atomic mass is 10.2. The monoisotopic (exact) mass is 482 g/mol. The topological polar surface area (TPSA) is 66.9 Å². The molecular formula is C26H34N4O3S. The molecule has 1 amide bonds. The van der Waals surface area contributed by atoms with Gasteiger partial charge >= 0.3 is 0 Å². The van der Waals surface area contributed by atoms with Crippen molar-refractivity contribution in [3.8, 4) is 11.5 Å². The molecule has 0 unspecified atom stereocenters. The second-order valence-electron chi connectivity index (χ2n) is 8.49. The average Bonchev–Trinajstić information content (AvgIpc) is 3.31. The molecule has 1 saturated heterocycles. The van der Waals surface area contributed by atoms with Crippen LogP contribution in [0.5, 0.6) is 11.5 Å². The van der Waals surface area contributed by atoms with E-state index in [9.17, 15) is 4.79 Å². The van der Waals surface area contributed by atoms with Gasteiger partial charge in [0.2, 0.25) is 0 Å². The molecule has 34 heavy (non-hydrogen) atoms. The third kappa shape index (κ3) is 6.39. The summed E-state index contributed by atoms with van der Waals surface area (Å²) in [5.74, 6) is 1.64. The van der Waals surface area contributed by atoms with Crippen molar-refractivity contribution in [2.24, 2.45) is 0 Å². The fraction of sp³-hybridized carbons (Fsp3) is 0.462. The number of anilines is 1. The third-order valence-corrected chi connectivity index (χ3v) is 7.15. The molecule has 8 heteroatoms. The minimum Gasteiger partial charge on any atom is -0.497 e. The van der Waals surface area contributed by atoms with Crippen molar-refractivity contribution < 1.29 is 14.3 Å². The highest BCUT2D eigenvalue weighted by Crippen LogP contribution is 2.31. The fourth-order valence-electron chi connectivity index (χ4n) is 3.99. The zero-order valence-electron chi connectivity index (χ0n) is 20.1. The summed E-state index contributed by atoms with van der Waals surface area (Å²) in [5, 5.41) is 4.10. The Kier molecular flexibility index (Phi) is 8.60. The van der Waals surface area contributed by atoms with Crippen molar-refractivity contribution in [2.75, 3.05) is 57.9 Å². The van der Waals surface area contributed by atoms with Crippen LogP contribution in [-0.4, -0.2) is 68.8 Å². The molecule has 1 aliphatic heterocycles. The van der Waals surface area contributed by atoms with Crippen LogP contribution >= 0.6 is 11.3 Å². The summed E-state index contributed by atoms with van der Waals surface area (Å²) >= 11 is 1.71.